The lowest BCUT2D eigenvalue weighted by Crippen LogP contribution is -2.61. The number of hydrazone groups is 1. The molecule has 1 aromatic carbocycles. The van der Waals surface area contributed by atoms with Gasteiger partial charge in [-0.3, -0.25) is 14.6 Å². The number of nitrogens with zero attached hydrogens (tertiary/aromatic N) is 5. The third-order valence-electron chi connectivity index (χ3n) is 4.10. The Bertz CT molecular complexity index is 859. The molecule has 2 heterocycles. The Morgan fingerprint density at radius 3 is 2.65 bits per heavy atom. The lowest BCUT2D eigenvalue weighted by molar-refractivity contribution is -0.527. The first-order valence-corrected chi connectivity index (χ1v) is 8.24. The summed E-state index contributed by atoms with van der Waals surface area (Å²) in [6.45, 7) is 4.09. The first-order valence-electron chi connectivity index (χ1n) is 7.87. The standard InChI is InChI=1S/C17H17ClN6O2/c1-4-9-24-13-14(22(2)17(26)23(3)15(13)25)20-16(24)21-19-10-11-5-7-12(18)8-6-11/h4-8,10,13H,1,9H2,2-3H3/p+1/b19-10+. The molecule has 3 amide bonds. The van der Waals surface area contributed by atoms with Crippen LogP contribution >= 0.6 is 11.6 Å². The number of rotatable bonds is 4. The minimum atomic E-state index is -0.686. The van der Waals surface area contributed by atoms with E-state index in [1.54, 1.807) is 36.0 Å². The lowest BCUT2D eigenvalue weighted by Gasteiger charge is -2.31. The quantitative estimate of drug-likeness (QED) is 0.372. The van der Waals surface area contributed by atoms with Gasteiger partial charge in [0, 0.05) is 19.1 Å². The molecule has 0 radical (unpaired) electrons. The van der Waals surface area contributed by atoms with Crippen molar-refractivity contribution in [3.63, 3.8) is 0 Å². The maximum Gasteiger partial charge on any atom is 0.414 e. The van der Waals surface area contributed by atoms with Gasteiger partial charge in [-0.05, 0) is 17.7 Å². The van der Waals surface area contributed by atoms with Gasteiger partial charge in [-0.1, -0.05) is 41.4 Å². The molecule has 2 aliphatic rings. The van der Waals surface area contributed by atoms with Gasteiger partial charge in [0.25, 0.3) is 5.91 Å². The molecule has 1 aromatic rings. The van der Waals surface area contributed by atoms with Crippen LogP contribution < -0.4 is 5.43 Å². The fourth-order valence-electron chi connectivity index (χ4n) is 2.73. The fourth-order valence-corrected chi connectivity index (χ4v) is 2.86. The first-order chi connectivity index (χ1) is 12.4. The fraction of sp³-hybridized carbons (Fsp3) is 0.235. The molecule has 0 bridgehead atoms. The van der Waals surface area contributed by atoms with Crippen LogP contribution in [0.5, 0.6) is 0 Å². The van der Waals surface area contributed by atoms with Crippen LogP contribution in [0.2, 0.25) is 5.02 Å². The summed E-state index contributed by atoms with van der Waals surface area (Å²) in [7, 11) is 3.04. The molecule has 2 aliphatic heterocycles. The van der Waals surface area contributed by atoms with Gasteiger partial charge in [-0.25, -0.2) is 9.37 Å². The number of amides is 3. The molecule has 8 nitrogen and oxygen atoms in total. The Morgan fingerprint density at radius 2 is 2.00 bits per heavy atom. The lowest BCUT2D eigenvalue weighted by atomic mass is 10.1. The number of benzene rings is 1. The molecule has 0 saturated carbocycles. The molecule has 3 rings (SSSR count). The highest BCUT2D eigenvalue weighted by Gasteiger charge is 2.51. The molecule has 9 heteroatoms. The van der Waals surface area contributed by atoms with Crippen molar-refractivity contribution in [2.24, 2.45) is 10.1 Å². The number of nitrogens with one attached hydrogen (secondary N) is 1. The SMILES string of the molecule is C=CC[N+]1=C(N/N=C/c2ccc(Cl)cc2)N=C2C1C(=O)N(C)C(=O)N2C. The summed E-state index contributed by atoms with van der Waals surface area (Å²) in [6.07, 6.45) is 3.27. The Hall–Kier alpha value is -3.00. The number of amidine groups is 1. The summed E-state index contributed by atoms with van der Waals surface area (Å²) >= 11 is 5.86. The van der Waals surface area contributed by atoms with Crippen LogP contribution in [0.4, 0.5) is 4.79 Å². The summed E-state index contributed by atoms with van der Waals surface area (Å²) in [5, 5.41) is 4.81. The zero-order valence-electron chi connectivity index (χ0n) is 14.4. The van der Waals surface area contributed by atoms with Crippen LogP contribution in [0, 0.1) is 0 Å². The number of hydrogen-bond acceptors (Lipinski definition) is 5. The number of likely N-dealkylation sites (N-methyl/N-ethyl adjacent to an activating group) is 2. The number of guanidine groups is 1. The van der Waals surface area contributed by atoms with Gasteiger partial charge in [-0.15, -0.1) is 5.10 Å². The smallest absolute Gasteiger partial charge is 0.270 e. The number of halogens is 1. The van der Waals surface area contributed by atoms with Crippen molar-refractivity contribution >= 4 is 41.5 Å². The van der Waals surface area contributed by atoms with Crippen molar-refractivity contribution in [3.8, 4) is 0 Å². The molecule has 1 atom stereocenters. The van der Waals surface area contributed by atoms with Crippen molar-refractivity contribution in [3.05, 3.63) is 47.5 Å². The highest BCUT2D eigenvalue weighted by molar-refractivity contribution is 6.30. The zero-order chi connectivity index (χ0) is 18.8. The molecular weight excluding hydrogens is 356 g/mol. The summed E-state index contributed by atoms with van der Waals surface area (Å²) in [5.74, 6) is 0.398. The molecule has 0 spiro atoms. The van der Waals surface area contributed by atoms with Gasteiger partial charge < -0.3 is 0 Å². The van der Waals surface area contributed by atoms with Gasteiger partial charge in [-0.2, -0.15) is 5.43 Å². The van der Waals surface area contributed by atoms with E-state index in [9.17, 15) is 9.59 Å². The van der Waals surface area contributed by atoms with E-state index in [1.807, 2.05) is 12.1 Å². The molecule has 26 heavy (non-hydrogen) atoms. The van der Waals surface area contributed by atoms with Gasteiger partial charge in [0.2, 0.25) is 11.9 Å². The number of imide groups is 1. The van der Waals surface area contributed by atoms with Crippen LogP contribution in [0.1, 0.15) is 5.56 Å². The molecule has 1 fully saturated rings. The van der Waals surface area contributed by atoms with Gasteiger partial charge in [0.05, 0.1) is 12.8 Å². The summed E-state index contributed by atoms with van der Waals surface area (Å²) in [4.78, 5) is 31.5. The van der Waals surface area contributed by atoms with E-state index in [2.05, 4.69) is 22.1 Å². The van der Waals surface area contributed by atoms with Gasteiger partial charge >= 0.3 is 12.0 Å². The van der Waals surface area contributed by atoms with Crippen molar-refractivity contribution in [1.29, 1.82) is 0 Å². The second-order valence-electron chi connectivity index (χ2n) is 5.80. The number of hydrogen-bond donors (Lipinski definition) is 1. The van der Waals surface area contributed by atoms with Crippen molar-refractivity contribution < 1.29 is 14.2 Å². The Morgan fingerprint density at radius 1 is 1.31 bits per heavy atom. The van der Waals surface area contributed by atoms with Crippen molar-refractivity contribution in [2.45, 2.75) is 6.04 Å². The zero-order valence-corrected chi connectivity index (χ0v) is 15.1. The molecule has 134 valence electrons. The topological polar surface area (TPSA) is 80.4 Å². The maximum absolute atomic E-state index is 12.6. The first kappa shape index (κ1) is 17.8. The van der Waals surface area contributed by atoms with Crippen molar-refractivity contribution in [2.75, 3.05) is 20.6 Å². The maximum atomic E-state index is 12.6. The number of fused-ring (bicyclic) bond motifs is 1. The Kier molecular flexibility index (Phi) is 4.85. The number of carbonyl (C=O) groups is 2. The van der Waals surface area contributed by atoms with Crippen LogP contribution in [-0.4, -0.2) is 71.0 Å². The highest BCUT2D eigenvalue weighted by Crippen LogP contribution is 2.18. The minimum Gasteiger partial charge on any atom is -0.270 e. The Balaban J connectivity index is 1.87. The van der Waals surface area contributed by atoms with Crippen LogP contribution in [0.15, 0.2) is 47.0 Å². The molecule has 1 unspecified atom stereocenters. The summed E-state index contributed by atoms with van der Waals surface area (Å²) < 4.78 is 1.71. The normalized spacial score (nSPS) is 20.0. The third kappa shape index (κ3) is 3.11. The van der Waals surface area contributed by atoms with E-state index in [-0.39, 0.29) is 5.91 Å². The highest BCUT2D eigenvalue weighted by atomic mass is 35.5. The summed E-state index contributed by atoms with van der Waals surface area (Å²) in [6, 6.07) is 6.07. The third-order valence-corrected chi connectivity index (χ3v) is 4.36. The van der Waals surface area contributed by atoms with E-state index in [0.29, 0.717) is 23.4 Å². The average molecular weight is 374 g/mol. The van der Waals surface area contributed by atoms with E-state index >= 15 is 0 Å². The monoisotopic (exact) mass is 373 g/mol. The van der Waals surface area contributed by atoms with Crippen LogP contribution in [-0.2, 0) is 4.79 Å². The minimum absolute atomic E-state index is 0.341. The molecule has 1 saturated heterocycles. The van der Waals surface area contributed by atoms with Gasteiger partial charge in [0.1, 0.15) is 0 Å². The van der Waals surface area contributed by atoms with E-state index in [0.717, 1.165) is 10.5 Å². The largest absolute Gasteiger partial charge is 0.414 e. The van der Waals surface area contributed by atoms with E-state index in [4.69, 9.17) is 11.6 Å². The summed E-state index contributed by atoms with van der Waals surface area (Å²) in [5.41, 5.74) is 3.69. The Labute approximate surface area is 155 Å². The number of urea groups is 1. The van der Waals surface area contributed by atoms with Crippen molar-refractivity contribution in [1.82, 2.24) is 15.2 Å². The molecule has 0 aromatic heterocycles. The number of carbonyl (C=O) groups excluding carboxylic acids is 2. The second-order valence-corrected chi connectivity index (χ2v) is 6.23. The van der Waals surface area contributed by atoms with E-state index < -0.39 is 12.1 Å². The van der Waals surface area contributed by atoms with Crippen LogP contribution in [0.3, 0.4) is 0 Å². The molecular formula is C17H18ClN6O2+. The van der Waals surface area contributed by atoms with Crippen LogP contribution in [0.25, 0.3) is 0 Å². The average Bonchev–Trinajstić information content (AvgIpc) is 2.99. The van der Waals surface area contributed by atoms with E-state index in [1.165, 1.54) is 11.9 Å². The number of aliphatic imine (C=N–C) groups is 1. The second kappa shape index (κ2) is 7.09. The predicted octanol–water partition coefficient (Wildman–Crippen LogP) is 1.12. The van der Waals surface area contributed by atoms with Gasteiger partial charge in [0.15, 0.2) is 0 Å². The molecule has 1 N–H and O–H groups in total. The molecule has 0 aliphatic carbocycles. The predicted molar refractivity (Wildman–Crippen MR) is 99.7 cm³/mol.